The monoisotopic (exact) mass is 323 g/mol. The third-order valence-corrected chi connectivity index (χ3v) is 5.36. The molecule has 2 aliphatic rings. The number of hydrogen-bond donors (Lipinski definition) is 0. The highest BCUT2D eigenvalue weighted by atomic mass is 32.2. The van der Waals surface area contributed by atoms with Gasteiger partial charge in [0.1, 0.15) is 5.37 Å². The molecule has 1 aromatic rings. The van der Waals surface area contributed by atoms with Crippen molar-refractivity contribution < 1.29 is 19.0 Å². The van der Waals surface area contributed by atoms with Crippen LogP contribution in [0.15, 0.2) is 12.1 Å². The van der Waals surface area contributed by atoms with E-state index in [0.29, 0.717) is 28.9 Å². The molecule has 1 aliphatic carbocycles. The molecular formula is C16H21NO4S. The van der Waals surface area contributed by atoms with E-state index in [-0.39, 0.29) is 11.3 Å². The highest BCUT2D eigenvalue weighted by molar-refractivity contribution is 8.00. The molecule has 1 aliphatic heterocycles. The van der Waals surface area contributed by atoms with Gasteiger partial charge in [0, 0.05) is 12.1 Å². The largest absolute Gasteiger partial charge is 0.493 e. The Balaban J connectivity index is 1.97. The van der Waals surface area contributed by atoms with Crippen molar-refractivity contribution in [3.8, 4) is 17.2 Å². The van der Waals surface area contributed by atoms with Crippen LogP contribution in [0, 0.1) is 5.92 Å². The molecule has 5 nitrogen and oxygen atoms in total. The van der Waals surface area contributed by atoms with Crippen molar-refractivity contribution in [1.82, 2.24) is 4.90 Å². The quantitative estimate of drug-likeness (QED) is 0.805. The number of thioether (sulfide) groups is 1. The minimum absolute atomic E-state index is 0.0112. The summed E-state index contributed by atoms with van der Waals surface area (Å²) in [4.78, 5) is 14.2. The van der Waals surface area contributed by atoms with Crippen LogP contribution in [0.4, 0.5) is 0 Å². The summed E-state index contributed by atoms with van der Waals surface area (Å²) in [7, 11) is 4.82. The van der Waals surface area contributed by atoms with Crippen molar-refractivity contribution in [2.45, 2.75) is 18.2 Å². The molecule has 1 saturated carbocycles. The Morgan fingerprint density at radius 3 is 2.45 bits per heavy atom. The molecule has 0 bridgehead atoms. The molecular weight excluding hydrogens is 302 g/mol. The number of ether oxygens (including phenoxy) is 3. The predicted octanol–water partition coefficient (Wildman–Crippen LogP) is 2.70. The van der Waals surface area contributed by atoms with Crippen LogP contribution in [0.3, 0.4) is 0 Å². The van der Waals surface area contributed by atoms with Crippen molar-refractivity contribution >= 4 is 17.7 Å². The maximum Gasteiger partial charge on any atom is 0.233 e. The van der Waals surface area contributed by atoms with Crippen molar-refractivity contribution in [3.63, 3.8) is 0 Å². The third kappa shape index (κ3) is 2.72. The Morgan fingerprint density at radius 1 is 1.14 bits per heavy atom. The Hall–Kier alpha value is -1.56. The van der Waals surface area contributed by atoms with Crippen LogP contribution >= 0.6 is 11.8 Å². The van der Waals surface area contributed by atoms with Gasteiger partial charge in [0.25, 0.3) is 0 Å². The van der Waals surface area contributed by atoms with Crippen molar-refractivity contribution in [1.29, 1.82) is 0 Å². The molecule has 0 aromatic heterocycles. The Labute approximate surface area is 134 Å². The van der Waals surface area contributed by atoms with Gasteiger partial charge in [0.15, 0.2) is 11.5 Å². The molecule has 0 N–H and O–H groups in total. The summed E-state index contributed by atoms with van der Waals surface area (Å²) >= 11 is 1.64. The Morgan fingerprint density at radius 2 is 1.86 bits per heavy atom. The zero-order valence-corrected chi connectivity index (χ0v) is 13.9. The second kappa shape index (κ2) is 6.28. The lowest BCUT2D eigenvalue weighted by molar-refractivity contribution is -0.128. The van der Waals surface area contributed by atoms with E-state index in [1.165, 1.54) is 12.8 Å². The van der Waals surface area contributed by atoms with Gasteiger partial charge < -0.3 is 19.1 Å². The predicted molar refractivity (Wildman–Crippen MR) is 85.7 cm³/mol. The van der Waals surface area contributed by atoms with E-state index in [1.807, 2.05) is 17.0 Å². The van der Waals surface area contributed by atoms with Gasteiger partial charge in [0.2, 0.25) is 11.7 Å². The third-order valence-electron chi connectivity index (χ3n) is 4.12. The lowest BCUT2D eigenvalue weighted by Crippen LogP contribution is -2.30. The fourth-order valence-electron chi connectivity index (χ4n) is 2.81. The fourth-order valence-corrected chi connectivity index (χ4v) is 4.02. The molecule has 3 rings (SSSR count). The molecule has 1 amide bonds. The van der Waals surface area contributed by atoms with Gasteiger partial charge in [-0.3, -0.25) is 4.79 Å². The summed E-state index contributed by atoms with van der Waals surface area (Å²) in [5.41, 5.74) is 0.969. The summed E-state index contributed by atoms with van der Waals surface area (Å²) in [6.45, 7) is 0.841. The standard InChI is InChI=1S/C16H21NO4S/c1-19-12-7-6-11(14(20-2)15(12)21-3)16-17(8-10-4-5-10)13(18)9-22-16/h6-7,10,16H,4-5,8-9H2,1-3H3. The minimum Gasteiger partial charge on any atom is -0.493 e. The number of nitrogens with zero attached hydrogens (tertiary/aromatic N) is 1. The molecule has 2 fully saturated rings. The van der Waals surface area contributed by atoms with Crippen LogP contribution in [0.2, 0.25) is 0 Å². The molecule has 1 aromatic carbocycles. The van der Waals surface area contributed by atoms with Gasteiger partial charge in [-0.25, -0.2) is 0 Å². The summed E-state index contributed by atoms with van der Waals surface area (Å²) in [5.74, 6) is 3.25. The van der Waals surface area contributed by atoms with Crippen LogP contribution in [0.25, 0.3) is 0 Å². The van der Waals surface area contributed by atoms with Gasteiger partial charge in [-0.05, 0) is 30.9 Å². The number of rotatable bonds is 6. The van der Waals surface area contributed by atoms with E-state index in [9.17, 15) is 4.79 Å². The lowest BCUT2D eigenvalue weighted by atomic mass is 10.1. The SMILES string of the molecule is COc1ccc(C2SCC(=O)N2CC2CC2)c(OC)c1OC. The number of carbonyl (C=O) groups excluding carboxylic acids is 1. The number of methoxy groups -OCH3 is 3. The van der Waals surface area contributed by atoms with Crippen LogP contribution in [-0.4, -0.2) is 44.4 Å². The van der Waals surface area contributed by atoms with Gasteiger partial charge in [-0.2, -0.15) is 0 Å². The van der Waals surface area contributed by atoms with E-state index in [4.69, 9.17) is 14.2 Å². The van der Waals surface area contributed by atoms with Crippen molar-refractivity contribution in [2.24, 2.45) is 5.92 Å². The highest BCUT2D eigenvalue weighted by Gasteiger charge is 2.38. The first-order valence-corrected chi connectivity index (χ1v) is 8.44. The van der Waals surface area contributed by atoms with Crippen LogP contribution in [-0.2, 0) is 4.79 Å². The molecule has 1 heterocycles. The van der Waals surface area contributed by atoms with Gasteiger partial charge >= 0.3 is 0 Å². The fraction of sp³-hybridized carbons (Fsp3) is 0.562. The first kappa shape index (κ1) is 15.3. The van der Waals surface area contributed by atoms with E-state index in [0.717, 1.165) is 12.1 Å². The maximum atomic E-state index is 12.2. The van der Waals surface area contributed by atoms with Crippen LogP contribution in [0.1, 0.15) is 23.8 Å². The second-order valence-electron chi connectivity index (χ2n) is 5.58. The number of benzene rings is 1. The molecule has 120 valence electrons. The molecule has 6 heteroatoms. The first-order valence-electron chi connectivity index (χ1n) is 7.39. The number of amides is 1. The first-order chi connectivity index (χ1) is 10.7. The Bertz CT molecular complexity index is 574. The smallest absolute Gasteiger partial charge is 0.233 e. The second-order valence-corrected chi connectivity index (χ2v) is 6.64. The van der Waals surface area contributed by atoms with E-state index in [1.54, 1.807) is 33.1 Å². The molecule has 0 spiro atoms. The minimum atomic E-state index is -0.0112. The number of carbonyl (C=O) groups is 1. The van der Waals surface area contributed by atoms with E-state index >= 15 is 0 Å². The maximum absolute atomic E-state index is 12.2. The van der Waals surface area contributed by atoms with E-state index in [2.05, 4.69) is 0 Å². The van der Waals surface area contributed by atoms with Gasteiger partial charge in [0.05, 0.1) is 27.1 Å². The molecule has 22 heavy (non-hydrogen) atoms. The van der Waals surface area contributed by atoms with Crippen molar-refractivity contribution in [2.75, 3.05) is 33.6 Å². The topological polar surface area (TPSA) is 48.0 Å². The average Bonchev–Trinajstić information content (AvgIpc) is 3.29. The van der Waals surface area contributed by atoms with Gasteiger partial charge in [-0.1, -0.05) is 0 Å². The number of hydrogen-bond acceptors (Lipinski definition) is 5. The van der Waals surface area contributed by atoms with Crippen LogP contribution in [0.5, 0.6) is 17.2 Å². The van der Waals surface area contributed by atoms with E-state index < -0.39 is 0 Å². The summed E-state index contributed by atoms with van der Waals surface area (Å²) < 4.78 is 16.3. The summed E-state index contributed by atoms with van der Waals surface area (Å²) in [6.07, 6.45) is 2.45. The van der Waals surface area contributed by atoms with Crippen molar-refractivity contribution in [3.05, 3.63) is 17.7 Å². The zero-order chi connectivity index (χ0) is 15.7. The summed E-state index contributed by atoms with van der Waals surface area (Å²) in [6, 6.07) is 3.84. The zero-order valence-electron chi connectivity index (χ0n) is 13.1. The molecule has 0 radical (unpaired) electrons. The molecule has 1 saturated heterocycles. The average molecular weight is 323 g/mol. The summed E-state index contributed by atoms with van der Waals surface area (Å²) in [5, 5.41) is -0.0112. The lowest BCUT2D eigenvalue weighted by Gasteiger charge is -2.26. The normalized spacial score (nSPS) is 21.1. The Kier molecular flexibility index (Phi) is 4.38. The van der Waals surface area contributed by atoms with Gasteiger partial charge in [-0.15, -0.1) is 11.8 Å². The highest BCUT2D eigenvalue weighted by Crippen LogP contribution is 2.49. The molecule has 1 atom stereocenters. The van der Waals surface area contributed by atoms with Crippen LogP contribution < -0.4 is 14.2 Å². The molecule has 1 unspecified atom stereocenters.